The molecule has 24 atom stereocenters. The van der Waals surface area contributed by atoms with Crippen molar-refractivity contribution in [1.82, 2.24) is 0 Å². The smallest absolute Gasteiger partial charge is 0.187 e. The van der Waals surface area contributed by atoms with Gasteiger partial charge in [0.25, 0.3) is 0 Å². The molecule has 0 bridgehead atoms. The summed E-state index contributed by atoms with van der Waals surface area (Å²) >= 11 is 0. The molecule has 5 aliphatic heterocycles. The molecule has 310 valence electrons. The Morgan fingerprint density at radius 2 is 0.925 bits per heavy atom. The lowest BCUT2D eigenvalue weighted by Crippen LogP contribution is -2.68. The summed E-state index contributed by atoms with van der Waals surface area (Å²) in [5.41, 5.74) is 0. The zero-order chi connectivity index (χ0) is 39.0. The maximum Gasteiger partial charge on any atom is 0.187 e. The minimum absolute atomic E-state index is 0.590. The first-order chi connectivity index (χ1) is 25.0. The summed E-state index contributed by atoms with van der Waals surface area (Å²) in [6, 6.07) is 0. The number of hydrogen-bond donors (Lipinski definition) is 15. The van der Waals surface area contributed by atoms with Crippen LogP contribution in [-0.4, -0.2) is 250 Å². The van der Waals surface area contributed by atoms with Crippen molar-refractivity contribution < 1.29 is 119 Å². The monoisotopic (exact) mass is 782 g/mol. The quantitative estimate of drug-likeness (QED) is 0.0925. The molecule has 24 heteroatoms. The molecule has 5 aliphatic rings. The molecule has 0 amide bonds. The molecular weight excluding hydrogens is 732 g/mol. The van der Waals surface area contributed by atoms with Gasteiger partial charge in [-0.25, -0.2) is 0 Å². The average Bonchev–Trinajstić information content (AvgIpc) is 3.14. The standard InChI is InChI=1S/C29H50O24/c1-6-11(33)15(37)20(42)27(46-6)50-10-5-45-26(19(41)13(10)35)52-23-14(36)8(3-31)49-29(51-22-9(4-32)47-25(44)18(40)17(22)39)24(23)53-28-21(43)16(38)12(34)7(2-30)48-28/h6-44H,2-5H2,1H3/t6-,7+,8+,9+,10+,11-,12+,13-,14+,15+,16-,17+,18+,19+,20+,21+,22-,23-,24+,25+,26-,27-,28-,29-/m0/s1. The Morgan fingerprint density at radius 3 is 1.55 bits per heavy atom. The van der Waals surface area contributed by atoms with Crippen molar-refractivity contribution in [3.63, 3.8) is 0 Å². The van der Waals surface area contributed by atoms with Crippen LogP contribution < -0.4 is 0 Å². The van der Waals surface area contributed by atoms with Gasteiger partial charge in [0.05, 0.1) is 32.5 Å². The molecule has 0 spiro atoms. The molecule has 0 saturated carbocycles. The van der Waals surface area contributed by atoms with E-state index < -0.39 is 174 Å². The summed E-state index contributed by atoms with van der Waals surface area (Å²) in [6.07, 6.45) is -42.6. The number of rotatable bonds is 11. The molecule has 0 aromatic heterocycles. The van der Waals surface area contributed by atoms with Gasteiger partial charge in [0, 0.05) is 0 Å². The van der Waals surface area contributed by atoms with E-state index >= 15 is 0 Å². The van der Waals surface area contributed by atoms with E-state index in [1.807, 2.05) is 0 Å². The fourth-order valence-corrected chi connectivity index (χ4v) is 6.64. The van der Waals surface area contributed by atoms with Gasteiger partial charge in [0.2, 0.25) is 0 Å². The third-order valence-electron chi connectivity index (χ3n) is 9.91. The van der Waals surface area contributed by atoms with Crippen molar-refractivity contribution >= 4 is 0 Å². The molecule has 5 rings (SSSR count). The topological polar surface area (TPSA) is 387 Å². The number of ether oxygens (including phenoxy) is 9. The third kappa shape index (κ3) is 8.81. The summed E-state index contributed by atoms with van der Waals surface area (Å²) in [7, 11) is 0. The van der Waals surface area contributed by atoms with Crippen molar-refractivity contribution in [3.05, 3.63) is 0 Å². The molecule has 0 unspecified atom stereocenters. The zero-order valence-corrected chi connectivity index (χ0v) is 28.1. The van der Waals surface area contributed by atoms with Gasteiger partial charge in [-0.05, 0) is 6.92 Å². The number of aliphatic hydroxyl groups excluding tert-OH is 15. The van der Waals surface area contributed by atoms with Crippen molar-refractivity contribution in [1.29, 1.82) is 0 Å². The summed E-state index contributed by atoms with van der Waals surface area (Å²) in [4.78, 5) is 0. The van der Waals surface area contributed by atoms with Crippen LogP contribution in [0.15, 0.2) is 0 Å². The van der Waals surface area contributed by atoms with Gasteiger partial charge in [-0.15, -0.1) is 0 Å². The van der Waals surface area contributed by atoms with Crippen LogP contribution in [0, 0.1) is 0 Å². The maximum absolute atomic E-state index is 11.3. The second kappa shape index (κ2) is 18.1. The summed E-state index contributed by atoms with van der Waals surface area (Å²) in [5, 5.41) is 156. The molecule has 0 radical (unpaired) electrons. The first kappa shape index (κ1) is 43.2. The SMILES string of the molecule is C[C@@H]1O[C@@H](O[C@@H]2CO[C@@H](O[C@H]3[C@H](O)[C@@H](CO)O[C@@H](O[C@@H]4[C@H](O)[C@@H](O)[C@H](O)O[C@@H]4CO)[C@@H]3O[C@@H]3O[C@H](CO)[C@@H](O)[C@H](O)[C@H]3O)[C@H](O)[C@H]2O)[C@H](O)[C@H](O)[C@H]1O. The van der Waals surface area contributed by atoms with E-state index in [0.717, 1.165) is 0 Å². The molecule has 5 fully saturated rings. The second-order valence-corrected chi connectivity index (χ2v) is 13.5. The highest BCUT2D eigenvalue weighted by Crippen LogP contribution is 2.36. The average molecular weight is 783 g/mol. The molecule has 53 heavy (non-hydrogen) atoms. The van der Waals surface area contributed by atoms with Gasteiger partial charge in [0.1, 0.15) is 110 Å². The lowest BCUT2D eigenvalue weighted by atomic mass is 9.95. The highest BCUT2D eigenvalue weighted by molar-refractivity contribution is 4.98. The molecule has 5 heterocycles. The predicted molar refractivity (Wildman–Crippen MR) is 159 cm³/mol. The van der Waals surface area contributed by atoms with E-state index in [0.29, 0.717) is 0 Å². The van der Waals surface area contributed by atoms with Gasteiger partial charge >= 0.3 is 0 Å². The fraction of sp³-hybridized carbons (Fsp3) is 1.00. The highest BCUT2D eigenvalue weighted by Gasteiger charge is 2.56. The van der Waals surface area contributed by atoms with Gasteiger partial charge in [-0.2, -0.15) is 0 Å². The van der Waals surface area contributed by atoms with E-state index in [9.17, 15) is 76.6 Å². The van der Waals surface area contributed by atoms with Crippen molar-refractivity contribution in [3.8, 4) is 0 Å². The Kier molecular flexibility index (Phi) is 14.7. The van der Waals surface area contributed by atoms with Crippen LogP contribution in [0.3, 0.4) is 0 Å². The van der Waals surface area contributed by atoms with Gasteiger partial charge in [-0.1, -0.05) is 0 Å². The lowest BCUT2D eigenvalue weighted by Gasteiger charge is -2.50. The molecule has 0 aliphatic carbocycles. The molecular formula is C29H50O24. The first-order valence-corrected chi connectivity index (χ1v) is 16.9. The molecule has 0 aromatic rings. The van der Waals surface area contributed by atoms with Crippen molar-refractivity contribution in [2.75, 3.05) is 26.4 Å². The van der Waals surface area contributed by atoms with Crippen molar-refractivity contribution in [2.45, 2.75) is 154 Å². The van der Waals surface area contributed by atoms with E-state index in [1.165, 1.54) is 6.92 Å². The summed E-state index contributed by atoms with van der Waals surface area (Å²) < 4.78 is 50.3. The fourth-order valence-electron chi connectivity index (χ4n) is 6.64. The zero-order valence-electron chi connectivity index (χ0n) is 28.1. The van der Waals surface area contributed by atoms with E-state index in [4.69, 9.17) is 42.6 Å². The van der Waals surface area contributed by atoms with Crippen LogP contribution in [0.5, 0.6) is 0 Å². The Balaban J connectivity index is 1.40. The van der Waals surface area contributed by atoms with Gasteiger partial charge < -0.3 is 119 Å². The molecule has 24 nitrogen and oxygen atoms in total. The minimum atomic E-state index is -2.05. The van der Waals surface area contributed by atoms with Crippen molar-refractivity contribution in [2.24, 2.45) is 0 Å². The predicted octanol–water partition coefficient (Wildman–Crippen LogP) is -10.3. The molecule has 5 saturated heterocycles. The number of aliphatic hydroxyl groups is 15. The van der Waals surface area contributed by atoms with Crippen LogP contribution in [0.1, 0.15) is 6.92 Å². The van der Waals surface area contributed by atoms with Gasteiger partial charge in [0.15, 0.2) is 31.5 Å². The Morgan fingerprint density at radius 1 is 0.415 bits per heavy atom. The van der Waals surface area contributed by atoms with Crippen LogP contribution >= 0.6 is 0 Å². The Hall–Kier alpha value is -0.960. The van der Waals surface area contributed by atoms with Crippen LogP contribution in [-0.2, 0) is 42.6 Å². The van der Waals surface area contributed by atoms with Crippen LogP contribution in [0.2, 0.25) is 0 Å². The maximum atomic E-state index is 11.3. The second-order valence-electron chi connectivity index (χ2n) is 13.5. The highest BCUT2D eigenvalue weighted by atomic mass is 16.8. The Labute approximate surface area is 300 Å². The van der Waals surface area contributed by atoms with E-state index in [1.54, 1.807) is 0 Å². The largest absolute Gasteiger partial charge is 0.394 e. The van der Waals surface area contributed by atoms with Gasteiger partial charge in [-0.3, -0.25) is 0 Å². The van der Waals surface area contributed by atoms with Crippen LogP contribution in [0.25, 0.3) is 0 Å². The van der Waals surface area contributed by atoms with E-state index in [-0.39, 0.29) is 0 Å². The lowest BCUT2D eigenvalue weighted by molar-refractivity contribution is -0.404. The Bertz CT molecular complexity index is 1140. The summed E-state index contributed by atoms with van der Waals surface area (Å²) in [6.45, 7) is -1.92. The third-order valence-corrected chi connectivity index (χ3v) is 9.91. The minimum Gasteiger partial charge on any atom is -0.394 e. The molecule has 0 aromatic carbocycles. The molecule has 15 N–H and O–H groups in total. The normalized spacial score (nSPS) is 54.1. The number of hydrogen-bond acceptors (Lipinski definition) is 24. The summed E-state index contributed by atoms with van der Waals surface area (Å²) in [5.74, 6) is 0. The van der Waals surface area contributed by atoms with E-state index in [2.05, 4.69) is 0 Å². The van der Waals surface area contributed by atoms with Crippen LogP contribution in [0.4, 0.5) is 0 Å². The first-order valence-electron chi connectivity index (χ1n) is 16.9.